The van der Waals surface area contributed by atoms with Gasteiger partial charge in [0, 0.05) is 17.6 Å². The van der Waals surface area contributed by atoms with Crippen LogP contribution in [0.2, 0.25) is 0 Å². The number of nitrogens with one attached hydrogen (secondary N) is 1. The molecule has 0 aliphatic rings. The first-order valence-corrected chi connectivity index (χ1v) is 10.4. The third-order valence-corrected chi connectivity index (χ3v) is 6.25. The lowest BCUT2D eigenvalue weighted by molar-refractivity contribution is 0.0942. The quantitative estimate of drug-likeness (QED) is 0.593. The van der Waals surface area contributed by atoms with E-state index in [0.29, 0.717) is 21.4 Å². The normalized spacial score (nSPS) is 12.4. The molecule has 0 saturated heterocycles. The molecule has 2 aromatic heterocycles. The predicted octanol–water partition coefficient (Wildman–Crippen LogP) is 5.48. The molecule has 3 aromatic rings. The highest BCUT2D eigenvalue weighted by molar-refractivity contribution is 7.21. The molecule has 2 heterocycles. The van der Waals surface area contributed by atoms with E-state index >= 15 is 0 Å². The zero-order valence-electron chi connectivity index (χ0n) is 15.7. The number of nitrogens with zero attached hydrogens (tertiary/aromatic N) is 2. The lowest BCUT2D eigenvalue weighted by atomic mass is 10.1. The average molecular weight is 404 g/mol. The summed E-state index contributed by atoms with van der Waals surface area (Å²) in [5.41, 5.74) is 2.31. The molecule has 27 heavy (non-hydrogen) atoms. The minimum atomic E-state index is -1.24. The number of aromatic nitrogens is 2. The third-order valence-electron chi connectivity index (χ3n) is 4.08. The van der Waals surface area contributed by atoms with Gasteiger partial charge in [0.05, 0.1) is 4.88 Å². The van der Waals surface area contributed by atoms with Crippen LogP contribution in [0, 0.1) is 19.8 Å². The zero-order chi connectivity index (χ0) is 19.6. The number of hydrogen-bond acceptors (Lipinski definition) is 5. The number of thiazole rings is 2. The van der Waals surface area contributed by atoms with Crippen molar-refractivity contribution in [2.75, 3.05) is 0 Å². The minimum Gasteiger partial charge on any atom is -0.347 e. The van der Waals surface area contributed by atoms with Crippen molar-refractivity contribution < 1.29 is 9.18 Å². The van der Waals surface area contributed by atoms with Gasteiger partial charge in [0.25, 0.3) is 5.91 Å². The molecule has 0 spiro atoms. The summed E-state index contributed by atoms with van der Waals surface area (Å²) in [6.07, 6.45) is 0.519. The Labute approximate surface area is 166 Å². The molecule has 142 valence electrons. The van der Waals surface area contributed by atoms with Gasteiger partial charge in [-0.25, -0.2) is 14.4 Å². The number of amides is 1. The second kappa shape index (κ2) is 8.27. The Kier molecular flexibility index (Phi) is 6.01. The molecular formula is C20H22FN3OS2. The molecule has 0 fully saturated rings. The Morgan fingerprint density at radius 2 is 1.85 bits per heavy atom. The van der Waals surface area contributed by atoms with Crippen LogP contribution in [0.3, 0.4) is 0 Å². The summed E-state index contributed by atoms with van der Waals surface area (Å²) in [5, 5.41) is 4.17. The third kappa shape index (κ3) is 4.59. The van der Waals surface area contributed by atoms with Gasteiger partial charge in [0.2, 0.25) is 0 Å². The summed E-state index contributed by atoms with van der Waals surface area (Å²) < 4.78 is 14.8. The highest BCUT2D eigenvalue weighted by atomic mass is 32.1. The van der Waals surface area contributed by atoms with E-state index in [-0.39, 0.29) is 17.5 Å². The van der Waals surface area contributed by atoms with Crippen LogP contribution < -0.4 is 5.32 Å². The van der Waals surface area contributed by atoms with Crippen LogP contribution in [0.5, 0.6) is 0 Å². The van der Waals surface area contributed by atoms with Gasteiger partial charge in [-0.1, -0.05) is 43.7 Å². The van der Waals surface area contributed by atoms with Crippen molar-refractivity contribution in [3.05, 3.63) is 57.0 Å². The van der Waals surface area contributed by atoms with E-state index in [2.05, 4.69) is 15.3 Å². The fraction of sp³-hybridized carbons (Fsp3) is 0.350. The van der Waals surface area contributed by atoms with E-state index in [9.17, 15) is 9.18 Å². The van der Waals surface area contributed by atoms with E-state index in [4.69, 9.17) is 0 Å². The average Bonchev–Trinajstić information content (AvgIpc) is 3.26. The lowest BCUT2D eigenvalue weighted by Crippen LogP contribution is -2.24. The van der Waals surface area contributed by atoms with Crippen molar-refractivity contribution in [3.8, 4) is 10.0 Å². The van der Waals surface area contributed by atoms with Crippen molar-refractivity contribution in [3.63, 3.8) is 0 Å². The summed E-state index contributed by atoms with van der Waals surface area (Å²) in [6, 6.07) is 7.92. The number of carbonyl (C=O) groups is 1. The summed E-state index contributed by atoms with van der Waals surface area (Å²) in [6.45, 7) is 7.94. The van der Waals surface area contributed by atoms with Crippen LogP contribution in [0.25, 0.3) is 10.0 Å². The van der Waals surface area contributed by atoms with E-state index in [1.807, 2.05) is 38.1 Å². The highest BCUT2D eigenvalue weighted by Crippen LogP contribution is 2.38. The van der Waals surface area contributed by atoms with Gasteiger partial charge in [-0.2, -0.15) is 0 Å². The Hall–Kier alpha value is -2.12. The molecule has 0 radical (unpaired) electrons. The minimum absolute atomic E-state index is 0.163. The van der Waals surface area contributed by atoms with Crippen molar-refractivity contribution >= 4 is 28.6 Å². The number of aryl methyl sites for hydroxylation is 2. The molecule has 1 amide bonds. The van der Waals surface area contributed by atoms with Crippen LogP contribution in [0.4, 0.5) is 4.39 Å². The molecule has 1 N–H and O–H groups in total. The smallest absolute Gasteiger partial charge is 0.271 e. The van der Waals surface area contributed by atoms with Gasteiger partial charge in [-0.15, -0.1) is 22.7 Å². The zero-order valence-corrected chi connectivity index (χ0v) is 17.4. The Morgan fingerprint density at radius 3 is 2.44 bits per heavy atom. The summed E-state index contributed by atoms with van der Waals surface area (Å²) in [7, 11) is 0. The van der Waals surface area contributed by atoms with Crippen LogP contribution in [-0.4, -0.2) is 15.9 Å². The van der Waals surface area contributed by atoms with Gasteiger partial charge in [0.15, 0.2) is 10.0 Å². The molecule has 1 unspecified atom stereocenters. The fourth-order valence-electron chi connectivity index (χ4n) is 2.50. The molecule has 1 aromatic carbocycles. The first-order valence-electron chi connectivity index (χ1n) is 8.76. The molecule has 3 rings (SSSR count). The van der Waals surface area contributed by atoms with Crippen molar-refractivity contribution in [1.29, 1.82) is 0 Å². The molecule has 4 nitrogen and oxygen atoms in total. The maximum atomic E-state index is 14.8. The van der Waals surface area contributed by atoms with E-state index in [1.54, 1.807) is 20.0 Å². The SMILES string of the molecule is Cc1ccc(CNC(=O)c2nc(-c3ncc(C)s3)sc2C(F)C(C)C)cc1. The summed E-state index contributed by atoms with van der Waals surface area (Å²) in [5.74, 6) is -0.593. The maximum absolute atomic E-state index is 14.8. The van der Waals surface area contributed by atoms with Crippen LogP contribution in [0.1, 0.15) is 51.4 Å². The molecule has 7 heteroatoms. The molecule has 0 aliphatic heterocycles. The number of alkyl halides is 1. The standard InChI is InChI=1S/C20H22FN3OS2/c1-11(2)15(21)17-16(24-20(27-17)19-23-9-13(4)26-19)18(25)22-10-14-7-5-12(3)6-8-14/h5-9,11,15H,10H2,1-4H3,(H,22,25). The van der Waals surface area contributed by atoms with Gasteiger partial charge >= 0.3 is 0 Å². The highest BCUT2D eigenvalue weighted by Gasteiger charge is 2.27. The first-order chi connectivity index (χ1) is 12.8. The molecule has 0 aliphatic carbocycles. The Balaban J connectivity index is 1.86. The van der Waals surface area contributed by atoms with Gasteiger partial charge in [0.1, 0.15) is 11.9 Å². The van der Waals surface area contributed by atoms with Crippen molar-refractivity contribution in [2.24, 2.45) is 5.92 Å². The van der Waals surface area contributed by atoms with Crippen molar-refractivity contribution in [1.82, 2.24) is 15.3 Å². The number of carbonyl (C=O) groups excluding carboxylic acids is 1. The number of hydrogen-bond donors (Lipinski definition) is 1. The van der Waals surface area contributed by atoms with Gasteiger partial charge in [-0.05, 0) is 25.3 Å². The second-order valence-electron chi connectivity index (χ2n) is 6.82. The Morgan fingerprint density at radius 1 is 1.15 bits per heavy atom. The van der Waals surface area contributed by atoms with E-state index in [1.165, 1.54) is 22.7 Å². The van der Waals surface area contributed by atoms with E-state index in [0.717, 1.165) is 16.0 Å². The predicted molar refractivity (Wildman–Crippen MR) is 109 cm³/mol. The van der Waals surface area contributed by atoms with Gasteiger partial charge < -0.3 is 5.32 Å². The molecular weight excluding hydrogens is 381 g/mol. The van der Waals surface area contributed by atoms with Crippen LogP contribution in [0.15, 0.2) is 30.5 Å². The van der Waals surface area contributed by atoms with Gasteiger partial charge in [-0.3, -0.25) is 4.79 Å². The van der Waals surface area contributed by atoms with Crippen molar-refractivity contribution in [2.45, 2.75) is 40.4 Å². The van der Waals surface area contributed by atoms with E-state index < -0.39 is 6.17 Å². The maximum Gasteiger partial charge on any atom is 0.271 e. The fourth-order valence-corrected chi connectivity index (χ4v) is 4.51. The first kappa shape index (κ1) is 19.6. The molecule has 1 atom stereocenters. The lowest BCUT2D eigenvalue weighted by Gasteiger charge is -2.11. The second-order valence-corrected chi connectivity index (χ2v) is 9.09. The largest absolute Gasteiger partial charge is 0.347 e. The number of halogens is 1. The molecule has 0 saturated carbocycles. The number of benzene rings is 1. The topological polar surface area (TPSA) is 54.9 Å². The number of rotatable bonds is 6. The summed E-state index contributed by atoms with van der Waals surface area (Å²) in [4.78, 5) is 22.9. The van der Waals surface area contributed by atoms with Crippen LogP contribution >= 0.6 is 22.7 Å². The van der Waals surface area contributed by atoms with Crippen LogP contribution in [-0.2, 0) is 6.54 Å². The monoisotopic (exact) mass is 403 g/mol. The molecule has 0 bridgehead atoms. The summed E-state index contributed by atoms with van der Waals surface area (Å²) >= 11 is 2.70. The Bertz CT molecular complexity index is 931.